The summed E-state index contributed by atoms with van der Waals surface area (Å²) in [6, 6.07) is 5.21. The van der Waals surface area contributed by atoms with Gasteiger partial charge in [0.15, 0.2) is 5.82 Å². The number of benzene rings is 2. The molecule has 12 heteroatoms. The van der Waals surface area contributed by atoms with E-state index < -0.39 is 11.5 Å². The van der Waals surface area contributed by atoms with Gasteiger partial charge in [0.1, 0.15) is 5.82 Å². The summed E-state index contributed by atoms with van der Waals surface area (Å²) in [6.45, 7) is 14.3. The number of rotatable bonds is 4. The lowest BCUT2D eigenvalue weighted by Gasteiger charge is -2.45. The fourth-order valence-corrected chi connectivity index (χ4v) is 8.67. The Kier molecular flexibility index (Phi) is 7.43. The summed E-state index contributed by atoms with van der Waals surface area (Å²) in [5.74, 6) is 0.0743. The predicted molar refractivity (Wildman–Crippen MR) is 182 cm³/mol. The topological polar surface area (TPSA) is 100 Å². The SMILES string of the molecule is C=CC(=O)N1CC(C)N2c3nc(=O)n(-c4c(C)ccnc4C(C)C)c4c(F)c(-c5c(C)ccc6[nH]ncc56)c(Cl)c(c34)SCC2C1. The van der Waals surface area contributed by atoms with E-state index in [0.717, 1.165) is 22.0 Å². The minimum Gasteiger partial charge on any atom is -0.346 e. The summed E-state index contributed by atoms with van der Waals surface area (Å²) >= 11 is 8.81. The van der Waals surface area contributed by atoms with Crippen molar-refractivity contribution in [3.8, 4) is 16.8 Å². The number of carbonyl (C=O) groups excluding carboxylic acids is 1. The number of carbonyl (C=O) groups is 1. The molecule has 2 aromatic carbocycles. The van der Waals surface area contributed by atoms with Gasteiger partial charge in [0.25, 0.3) is 0 Å². The van der Waals surface area contributed by atoms with Gasteiger partial charge in [-0.05, 0) is 56.0 Å². The average molecular weight is 658 g/mol. The van der Waals surface area contributed by atoms with Crippen LogP contribution in [0.5, 0.6) is 0 Å². The molecule has 2 aliphatic rings. The molecular weight excluding hydrogens is 625 g/mol. The number of halogens is 2. The number of aromatic nitrogens is 5. The number of thioether (sulfide) groups is 1. The number of aromatic amines is 1. The molecule has 0 bridgehead atoms. The highest BCUT2D eigenvalue weighted by atomic mass is 35.5. The molecule has 2 unspecified atom stereocenters. The molecule has 0 aliphatic carbocycles. The third-order valence-corrected chi connectivity index (χ3v) is 10.8. The lowest BCUT2D eigenvalue weighted by molar-refractivity contribution is -0.127. The number of piperazine rings is 1. The third kappa shape index (κ3) is 4.46. The number of hydrogen-bond acceptors (Lipinski definition) is 7. The van der Waals surface area contributed by atoms with Gasteiger partial charge in [-0.3, -0.25) is 19.4 Å². The Hall–Kier alpha value is -4.22. The molecule has 7 rings (SSSR count). The molecule has 46 heavy (non-hydrogen) atoms. The molecule has 1 fully saturated rings. The number of amides is 1. The van der Waals surface area contributed by atoms with E-state index in [4.69, 9.17) is 16.6 Å². The second-order valence-electron chi connectivity index (χ2n) is 12.4. The Morgan fingerprint density at radius 3 is 2.72 bits per heavy atom. The van der Waals surface area contributed by atoms with E-state index in [1.165, 1.54) is 22.4 Å². The van der Waals surface area contributed by atoms with Crippen LogP contribution in [0.3, 0.4) is 0 Å². The van der Waals surface area contributed by atoms with Crippen LogP contribution in [0.2, 0.25) is 5.02 Å². The summed E-state index contributed by atoms with van der Waals surface area (Å²) in [5, 5.41) is 8.65. The Labute approximate surface area is 274 Å². The van der Waals surface area contributed by atoms with Gasteiger partial charge in [0, 0.05) is 52.5 Å². The molecule has 3 aromatic heterocycles. The molecule has 1 saturated heterocycles. The van der Waals surface area contributed by atoms with E-state index in [2.05, 4.69) is 26.7 Å². The summed E-state index contributed by atoms with van der Waals surface area (Å²) < 4.78 is 19.2. The first-order valence-electron chi connectivity index (χ1n) is 15.2. The fourth-order valence-electron chi connectivity index (χ4n) is 7.04. The van der Waals surface area contributed by atoms with Crippen LogP contribution in [0.1, 0.15) is 43.5 Å². The van der Waals surface area contributed by atoms with Gasteiger partial charge in [0.2, 0.25) is 5.91 Å². The van der Waals surface area contributed by atoms with E-state index >= 15 is 4.39 Å². The molecule has 236 valence electrons. The fraction of sp³-hybridized carbons (Fsp3) is 0.324. The minimum atomic E-state index is -0.619. The number of hydrogen-bond donors (Lipinski definition) is 1. The van der Waals surface area contributed by atoms with Crippen molar-refractivity contribution in [1.82, 2.24) is 29.6 Å². The van der Waals surface area contributed by atoms with Crippen LogP contribution < -0.4 is 10.6 Å². The molecule has 9 nitrogen and oxygen atoms in total. The smallest absolute Gasteiger partial charge is 0.346 e. The number of pyridine rings is 1. The van der Waals surface area contributed by atoms with Gasteiger partial charge in [-0.2, -0.15) is 10.1 Å². The van der Waals surface area contributed by atoms with E-state index in [1.807, 2.05) is 52.8 Å². The van der Waals surface area contributed by atoms with Crippen LogP contribution in [-0.2, 0) is 4.79 Å². The molecule has 2 atom stereocenters. The first-order chi connectivity index (χ1) is 22.0. The lowest BCUT2D eigenvalue weighted by atomic mass is 9.94. The first kappa shape index (κ1) is 30.4. The van der Waals surface area contributed by atoms with Crippen molar-refractivity contribution in [1.29, 1.82) is 0 Å². The van der Waals surface area contributed by atoms with Crippen LogP contribution in [0, 0.1) is 19.7 Å². The molecule has 0 spiro atoms. The highest BCUT2D eigenvalue weighted by Gasteiger charge is 2.40. The summed E-state index contributed by atoms with van der Waals surface area (Å²) in [4.78, 5) is 40.9. The highest BCUT2D eigenvalue weighted by molar-refractivity contribution is 7.99. The number of anilines is 1. The van der Waals surface area contributed by atoms with Crippen molar-refractivity contribution >= 4 is 56.9 Å². The molecule has 5 aromatic rings. The third-order valence-electron chi connectivity index (χ3n) is 9.09. The standard InChI is InChI=1S/C34H33ClFN7O2S/c1-7-23(44)41-13-19(6)42-20(14-41)15-46-32-26-31(28(36)25(27(32)35)24-17(4)8-9-22-21(24)12-38-40-22)43(34(45)39-33(26)42)30-18(5)10-11-37-29(30)16(2)3/h7-12,16,19-20H,1,13-15H2,2-6H3,(H,38,40). The van der Waals surface area contributed by atoms with Crippen LogP contribution in [0.25, 0.3) is 38.6 Å². The highest BCUT2D eigenvalue weighted by Crippen LogP contribution is 2.51. The van der Waals surface area contributed by atoms with Crippen LogP contribution >= 0.6 is 23.4 Å². The van der Waals surface area contributed by atoms with E-state index in [1.54, 1.807) is 17.3 Å². The van der Waals surface area contributed by atoms with Gasteiger partial charge < -0.3 is 9.80 Å². The Balaban J connectivity index is 1.64. The largest absolute Gasteiger partial charge is 0.354 e. The summed E-state index contributed by atoms with van der Waals surface area (Å²) in [6.07, 6.45) is 4.69. The maximum Gasteiger partial charge on any atom is 0.354 e. The molecule has 1 amide bonds. The van der Waals surface area contributed by atoms with Crippen molar-refractivity contribution in [2.24, 2.45) is 0 Å². The predicted octanol–water partition coefficient (Wildman–Crippen LogP) is 6.55. The molecule has 0 saturated carbocycles. The zero-order valence-electron chi connectivity index (χ0n) is 26.2. The van der Waals surface area contributed by atoms with E-state index in [0.29, 0.717) is 51.9 Å². The van der Waals surface area contributed by atoms with E-state index in [-0.39, 0.29) is 40.0 Å². The quantitative estimate of drug-likeness (QED) is 0.219. The van der Waals surface area contributed by atoms with Crippen molar-refractivity contribution in [2.45, 2.75) is 57.5 Å². The second kappa shape index (κ2) is 11.2. The summed E-state index contributed by atoms with van der Waals surface area (Å²) in [7, 11) is 0. The van der Waals surface area contributed by atoms with Crippen LogP contribution in [0.15, 0.2) is 52.9 Å². The molecule has 2 aliphatic heterocycles. The van der Waals surface area contributed by atoms with Crippen LogP contribution in [-0.4, -0.2) is 66.5 Å². The van der Waals surface area contributed by atoms with Crippen LogP contribution in [0.4, 0.5) is 10.2 Å². The van der Waals surface area contributed by atoms with E-state index in [9.17, 15) is 9.59 Å². The molecule has 0 radical (unpaired) electrons. The van der Waals surface area contributed by atoms with Gasteiger partial charge in [-0.1, -0.05) is 38.1 Å². The molecule has 5 heterocycles. The van der Waals surface area contributed by atoms with Gasteiger partial charge in [-0.15, -0.1) is 11.8 Å². The number of aryl methyl sites for hydroxylation is 2. The zero-order chi connectivity index (χ0) is 32.6. The summed E-state index contributed by atoms with van der Waals surface area (Å²) in [5.41, 5.74) is 3.80. The zero-order valence-corrected chi connectivity index (χ0v) is 27.8. The maximum atomic E-state index is 17.8. The second-order valence-corrected chi connectivity index (χ2v) is 13.8. The minimum absolute atomic E-state index is 0.0577. The van der Waals surface area contributed by atoms with Crippen molar-refractivity contribution in [3.05, 3.63) is 81.4 Å². The number of fused-ring (bicyclic) bond motifs is 3. The average Bonchev–Trinajstić information content (AvgIpc) is 3.43. The monoisotopic (exact) mass is 657 g/mol. The lowest BCUT2D eigenvalue weighted by Crippen LogP contribution is -2.60. The normalized spacial score (nSPS) is 17.9. The maximum absolute atomic E-state index is 17.8. The molecular formula is C34H33ClFN7O2S. The molecule has 1 N–H and O–H groups in total. The van der Waals surface area contributed by atoms with Gasteiger partial charge in [0.05, 0.1) is 45.1 Å². The van der Waals surface area contributed by atoms with Crippen molar-refractivity contribution in [2.75, 3.05) is 23.7 Å². The number of nitrogens with zero attached hydrogens (tertiary/aromatic N) is 6. The van der Waals surface area contributed by atoms with Crippen molar-refractivity contribution in [3.63, 3.8) is 0 Å². The number of H-pyrrole nitrogens is 1. The Bertz CT molecular complexity index is 2160. The van der Waals surface area contributed by atoms with Gasteiger partial charge >= 0.3 is 5.69 Å². The Morgan fingerprint density at radius 2 is 1.98 bits per heavy atom. The first-order valence-corrected chi connectivity index (χ1v) is 16.6. The van der Waals surface area contributed by atoms with Crippen molar-refractivity contribution < 1.29 is 9.18 Å². The van der Waals surface area contributed by atoms with Gasteiger partial charge in [-0.25, -0.2) is 9.18 Å². The number of nitrogens with one attached hydrogen (secondary N) is 1. The Morgan fingerprint density at radius 1 is 1.20 bits per heavy atom.